The molecular formula is C23H24ClN3O. The van der Waals surface area contributed by atoms with E-state index in [4.69, 9.17) is 16.3 Å². The zero-order chi connectivity index (χ0) is 19.3. The lowest BCUT2D eigenvalue weighted by molar-refractivity contribution is 0.249. The summed E-state index contributed by atoms with van der Waals surface area (Å²) >= 11 is 6.40. The van der Waals surface area contributed by atoms with E-state index in [0.717, 1.165) is 60.9 Å². The van der Waals surface area contributed by atoms with Crippen LogP contribution in [0.3, 0.4) is 0 Å². The van der Waals surface area contributed by atoms with Crippen LogP contribution in [-0.4, -0.2) is 43.2 Å². The topological polar surface area (TPSA) is 28.6 Å². The van der Waals surface area contributed by atoms with Gasteiger partial charge in [0.1, 0.15) is 10.9 Å². The van der Waals surface area contributed by atoms with Crippen molar-refractivity contribution in [1.29, 1.82) is 0 Å². The van der Waals surface area contributed by atoms with E-state index in [9.17, 15) is 0 Å². The summed E-state index contributed by atoms with van der Waals surface area (Å²) < 4.78 is 5.51. The van der Waals surface area contributed by atoms with E-state index in [0.29, 0.717) is 5.15 Å². The third kappa shape index (κ3) is 4.13. The van der Waals surface area contributed by atoms with E-state index >= 15 is 0 Å². The number of halogens is 1. The van der Waals surface area contributed by atoms with Crippen LogP contribution in [0, 0.1) is 0 Å². The first-order valence-electron chi connectivity index (χ1n) is 9.55. The zero-order valence-corrected chi connectivity index (χ0v) is 16.8. The third-order valence-electron chi connectivity index (χ3n) is 5.21. The number of nitrogens with zero attached hydrogens (tertiary/aromatic N) is 3. The molecule has 5 heteroatoms. The van der Waals surface area contributed by atoms with Gasteiger partial charge >= 0.3 is 0 Å². The Morgan fingerprint density at radius 3 is 2.39 bits per heavy atom. The van der Waals surface area contributed by atoms with Crippen molar-refractivity contribution in [3.8, 4) is 16.9 Å². The summed E-state index contributed by atoms with van der Waals surface area (Å²) in [6.07, 6.45) is 1.85. The van der Waals surface area contributed by atoms with Crippen LogP contribution in [0.5, 0.6) is 5.75 Å². The number of pyridine rings is 1. The maximum atomic E-state index is 6.40. The van der Waals surface area contributed by atoms with Gasteiger partial charge in [-0.15, -0.1) is 0 Å². The van der Waals surface area contributed by atoms with Crippen molar-refractivity contribution < 1.29 is 4.74 Å². The van der Waals surface area contributed by atoms with Gasteiger partial charge in [0, 0.05) is 50.0 Å². The van der Waals surface area contributed by atoms with Crippen molar-refractivity contribution in [1.82, 2.24) is 9.88 Å². The van der Waals surface area contributed by atoms with Crippen LogP contribution in [0.15, 0.2) is 66.9 Å². The van der Waals surface area contributed by atoms with Crippen LogP contribution in [0.1, 0.15) is 5.56 Å². The molecule has 1 aromatic heterocycles. The molecule has 2 heterocycles. The summed E-state index contributed by atoms with van der Waals surface area (Å²) in [5, 5.41) is 0.590. The number of anilines is 1. The molecule has 1 aliphatic rings. The molecule has 0 radical (unpaired) electrons. The van der Waals surface area contributed by atoms with Crippen molar-refractivity contribution in [2.75, 3.05) is 38.2 Å². The maximum absolute atomic E-state index is 6.40. The van der Waals surface area contributed by atoms with Gasteiger partial charge < -0.3 is 9.64 Å². The van der Waals surface area contributed by atoms with E-state index in [-0.39, 0.29) is 0 Å². The Hall–Kier alpha value is -2.56. The van der Waals surface area contributed by atoms with Crippen LogP contribution >= 0.6 is 11.6 Å². The van der Waals surface area contributed by atoms with Gasteiger partial charge in [0.05, 0.1) is 12.8 Å². The third-order valence-corrected chi connectivity index (χ3v) is 5.55. The van der Waals surface area contributed by atoms with E-state index in [2.05, 4.69) is 45.1 Å². The molecule has 4 nitrogen and oxygen atoms in total. The molecule has 3 aromatic rings. The van der Waals surface area contributed by atoms with Crippen molar-refractivity contribution in [3.63, 3.8) is 0 Å². The predicted octanol–water partition coefficient (Wildman–Crippen LogP) is 4.73. The van der Waals surface area contributed by atoms with Gasteiger partial charge in [-0.3, -0.25) is 4.90 Å². The highest BCUT2D eigenvalue weighted by atomic mass is 35.5. The quantitative estimate of drug-likeness (QED) is 0.586. The fraction of sp³-hybridized carbons (Fsp3) is 0.261. The normalized spacial score (nSPS) is 14.9. The largest absolute Gasteiger partial charge is 0.495 e. The number of piperazine rings is 1. The van der Waals surface area contributed by atoms with E-state index in [1.54, 1.807) is 7.11 Å². The van der Waals surface area contributed by atoms with Gasteiger partial charge in [-0.2, -0.15) is 0 Å². The van der Waals surface area contributed by atoms with Crippen LogP contribution in [0.4, 0.5) is 5.69 Å². The fourth-order valence-electron chi connectivity index (χ4n) is 3.67. The molecule has 0 spiro atoms. The lowest BCUT2D eigenvalue weighted by Crippen LogP contribution is -2.46. The molecular weight excluding hydrogens is 370 g/mol. The Morgan fingerprint density at radius 2 is 1.64 bits per heavy atom. The Balaban J connectivity index is 1.44. The first kappa shape index (κ1) is 18.8. The standard InChI is InChI=1S/C23H24ClN3O/c1-28-22-10-6-5-9-21(22)27-13-11-26(12-14-27)17-20-15-19(16-25-23(20)24)18-7-3-2-4-8-18/h2-10,15-16H,11-14,17H2,1H3. The SMILES string of the molecule is COc1ccccc1N1CCN(Cc2cc(-c3ccccc3)cnc2Cl)CC1. The second-order valence-corrected chi connectivity index (χ2v) is 7.33. The second-order valence-electron chi connectivity index (χ2n) is 6.97. The summed E-state index contributed by atoms with van der Waals surface area (Å²) in [5.74, 6) is 0.929. The number of rotatable bonds is 5. The smallest absolute Gasteiger partial charge is 0.142 e. The molecule has 0 N–H and O–H groups in total. The molecule has 28 heavy (non-hydrogen) atoms. The number of benzene rings is 2. The molecule has 144 valence electrons. The van der Waals surface area contributed by atoms with Crippen molar-refractivity contribution in [2.24, 2.45) is 0 Å². The minimum Gasteiger partial charge on any atom is -0.495 e. The predicted molar refractivity (Wildman–Crippen MR) is 115 cm³/mol. The molecule has 0 saturated carbocycles. The van der Waals surface area contributed by atoms with Gasteiger partial charge in [0.2, 0.25) is 0 Å². The number of hydrogen-bond donors (Lipinski definition) is 0. The maximum Gasteiger partial charge on any atom is 0.142 e. The summed E-state index contributed by atoms with van der Waals surface area (Å²) in [6, 6.07) is 20.7. The second kappa shape index (κ2) is 8.63. The number of methoxy groups -OCH3 is 1. The summed E-state index contributed by atoms with van der Waals surface area (Å²) in [4.78, 5) is 9.24. The molecule has 0 bridgehead atoms. The first-order chi connectivity index (χ1) is 13.7. The molecule has 0 amide bonds. The van der Waals surface area contributed by atoms with Crippen LogP contribution in [0.25, 0.3) is 11.1 Å². The molecule has 0 unspecified atom stereocenters. The Kier molecular flexibility index (Phi) is 5.79. The first-order valence-corrected chi connectivity index (χ1v) is 9.92. The Bertz CT molecular complexity index is 924. The molecule has 1 saturated heterocycles. The van der Waals surface area contributed by atoms with Crippen molar-refractivity contribution >= 4 is 17.3 Å². The van der Waals surface area contributed by atoms with Crippen molar-refractivity contribution in [3.05, 3.63) is 77.6 Å². The summed E-state index contributed by atoms with van der Waals surface area (Å²) in [5.41, 5.74) is 4.51. The van der Waals surface area contributed by atoms with E-state index in [1.165, 1.54) is 0 Å². The molecule has 2 aromatic carbocycles. The van der Waals surface area contributed by atoms with Crippen LogP contribution in [-0.2, 0) is 6.54 Å². The highest BCUT2D eigenvalue weighted by Crippen LogP contribution is 2.29. The van der Waals surface area contributed by atoms with Crippen LogP contribution in [0.2, 0.25) is 5.15 Å². The fourth-order valence-corrected chi connectivity index (χ4v) is 3.83. The Morgan fingerprint density at radius 1 is 0.929 bits per heavy atom. The van der Waals surface area contributed by atoms with Gasteiger partial charge in [-0.1, -0.05) is 54.1 Å². The molecule has 4 rings (SSSR count). The molecule has 1 fully saturated rings. The molecule has 0 aliphatic carbocycles. The van der Waals surface area contributed by atoms with E-state index in [1.807, 2.05) is 36.5 Å². The average molecular weight is 394 g/mol. The molecule has 0 atom stereocenters. The zero-order valence-electron chi connectivity index (χ0n) is 16.0. The van der Waals surface area contributed by atoms with Gasteiger partial charge in [0.15, 0.2) is 0 Å². The highest BCUT2D eigenvalue weighted by molar-refractivity contribution is 6.30. The lowest BCUT2D eigenvalue weighted by atomic mass is 10.1. The van der Waals surface area contributed by atoms with Gasteiger partial charge in [-0.25, -0.2) is 4.98 Å². The number of hydrogen-bond acceptors (Lipinski definition) is 4. The summed E-state index contributed by atoms with van der Waals surface area (Å²) in [7, 11) is 1.73. The van der Waals surface area contributed by atoms with Crippen molar-refractivity contribution in [2.45, 2.75) is 6.54 Å². The Labute approximate surface area is 171 Å². The molecule has 1 aliphatic heterocycles. The number of para-hydroxylation sites is 2. The average Bonchev–Trinajstić information content (AvgIpc) is 2.76. The minimum atomic E-state index is 0.590. The summed E-state index contributed by atoms with van der Waals surface area (Å²) in [6.45, 7) is 4.69. The van der Waals surface area contributed by atoms with Gasteiger partial charge in [0.25, 0.3) is 0 Å². The minimum absolute atomic E-state index is 0.590. The lowest BCUT2D eigenvalue weighted by Gasteiger charge is -2.36. The van der Waals surface area contributed by atoms with Crippen LogP contribution < -0.4 is 9.64 Å². The highest BCUT2D eigenvalue weighted by Gasteiger charge is 2.20. The van der Waals surface area contributed by atoms with Gasteiger partial charge in [-0.05, 0) is 23.8 Å². The monoisotopic (exact) mass is 393 g/mol. The number of aromatic nitrogens is 1. The van der Waals surface area contributed by atoms with E-state index < -0.39 is 0 Å². The number of ether oxygens (including phenoxy) is 1.